The Morgan fingerprint density at radius 2 is 2.03 bits per heavy atom. The summed E-state index contributed by atoms with van der Waals surface area (Å²) in [6, 6.07) is 15.4. The van der Waals surface area contributed by atoms with Crippen LogP contribution in [0.15, 0.2) is 54.9 Å². The third-order valence-corrected chi connectivity index (χ3v) is 4.89. The van der Waals surface area contributed by atoms with Gasteiger partial charge in [0.05, 0.1) is 13.2 Å². The minimum Gasteiger partial charge on any atom is -0.494 e. The summed E-state index contributed by atoms with van der Waals surface area (Å²) in [7, 11) is 0. The Morgan fingerprint density at radius 1 is 1.17 bits per heavy atom. The number of benzene rings is 2. The van der Waals surface area contributed by atoms with Gasteiger partial charge in [-0.3, -0.25) is 14.2 Å². The summed E-state index contributed by atoms with van der Waals surface area (Å²) in [5.74, 6) is 1.41. The zero-order valence-electron chi connectivity index (χ0n) is 16.5. The number of aryl methyl sites for hydroxylation is 1. The van der Waals surface area contributed by atoms with Gasteiger partial charge in [0.1, 0.15) is 12.1 Å². The highest BCUT2D eigenvalue weighted by Crippen LogP contribution is 2.26. The third-order valence-electron chi connectivity index (χ3n) is 4.89. The molecule has 2 aromatic carbocycles. The quantitative estimate of drug-likeness (QED) is 0.562. The van der Waals surface area contributed by atoms with E-state index >= 15 is 0 Å². The smallest absolute Gasteiger partial charge is 0.224 e. The fraction of sp³-hybridized carbons (Fsp3) is 0.273. The van der Waals surface area contributed by atoms with Crippen molar-refractivity contribution < 1.29 is 14.3 Å². The van der Waals surface area contributed by atoms with Gasteiger partial charge in [0.15, 0.2) is 5.82 Å². The van der Waals surface area contributed by atoms with Crippen molar-refractivity contribution in [3.8, 4) is 11.4 Å². The molecule has 8 heteroatoms. The van der Waals surface area contributed by atoms with E-state index in [-0.39, 0.29) is 11.8 Å². The molecule has 0 unspecified atom stereocenters. The van der Waals surface area contributed by atoms with E-state index in [0.717, 1.165) is 22.7 Å². The maximum atomic E-state index is 12.2. The van der Waals surface area contributed by atoms with Crippen molar-refractivity contribution in [3.05, 3.63) is 66.2 Å². The lowest BCUT2D eigenvalue weighted by atomic mass is 10.0. The number of fused-ring (bicyclic) bond motifs is 1. The number of nitrogens with zero attached hydrogens (tertiary/aromatic N) is 3. The first-order chi connectivity index (χ1) is 14.7. The molecule has 0 radical (unpaired) electrons. The summed E-state index contributed by atoms with van der Waals surface area (Å²) < 4.78 is 7.61. The number of nitrogens with one attached hydrogen (secondary N) is 2. The number of para-hydroxylation sites is 1. The molecule has 0 bridgehead atoms. The topological polar surface area (TPSA) is 98.1 Å². The van der Waals surface area contributed by atoms with E-state index in [4.69, 9.17) is 4.74 Å². The molecule has 0 saturated heterocycles. The van der Waals surface area contributed by atoms with Crippen molar-refractivity contribution in [3.63, 3.8) is 0 Å². The summed E-state index contributed by atoms with van der Waals surface area (Å²) in [5.41, 5.74) is 2.87. The molecule has 1 aliphatic rings. The minimum atomic E-state index is -0.0608. The molecule has 0 saturated carbocycles. The number of anilines is 1. The van der Waals surface area contributed by atoms with Crippen molar-refractivity contribution in [2.75, 3.05) is 11.9 Å². The van der Waals surface area contributed by atoms with Crippen LogP contribution in [0, 0.1) is 0 Å². The molecule has 2 amide bonds. The zero-order valence-corrected chi connectivity index (χ0v) is 16.5. The van der Waals surface area contributed by atoms with Crippen LogP contribution in [0.25, 0.3) is 5.69 Å². The Labute approximate surface area is 174 Å². The number of ether oxygens (including phenoxy) is 1. The lowest BCUT2D eigenvalue weighted by Gasteiger charge is -2.17. The number of aromatic nitrogens is 3. The number of rotatable bonds is 8. The monoisotopic (exact) mass is 405 g/mol. The summed E-state index contributed by atoms with van der Waals surface area (Å²) >= 11 is 0. The van der Waals surface area contributed by atoms with Gasteiger partial charge in [-0.15, -0.1) is 10.2 Å². The van der Waals surface area contributed by atoms with Crippen molar-refractivity contribution in [2.45, 2.75) is 32.2 Å². The highest BCUT2D eigenvalue weighted by Gasteiger charge is 2.15. The van der Waals surface area contributed by atoms with Gasteiger partial charge in [0.2, 0.25) is 11.8 Å². The molecule has 2 heterocycles. The summed E-state index contributed by atoms with van der Waals surface area (Å²) in [6.45, 7) is 0.754. The summed E-state index contributed by atoms with van der Waals surface area (Å²) in [5, 5.41) is 13.8. The van der Waals surface area contributed by atoms with E-state index < -0.39 is 0 Å². The molecule has 154 valence electrons. The zero-order chi connectivity index (χ0) is 20.8. The Bertz CT molecular complexity index is 1030. The number of hydrogen-bond donors (Lipinski definition) is 2. The molecule has 2 N–H and O–H groups in total. The van der Waals surface area contributed by atoms with Gasteiger partial charge < -0.3 is 15.4 Å². The Hall–Kier alpha value is -3.68. The van der Waals surface area contributed by atoms with Crippen LogP contribution in [0.4, 0.5) is 5.69 Å². The second-order valence-corrected chi connectivity index (χ2v) is 7.05. The first-order valence-corrected chi connectivity index (χ1v) is 9.95. The molecule has 0 atom stereocenters. The van der Waals surface area contributed by atoms with Crippen LogP contribution >= 0.6 is 0 Å². The minimum absolute atomic E-state index is 0.0456. The number of carbonyl (C=O) groups is 2. The van der Waals surface area contributed by atoms with Gasteiger partial charge >= 0.3 is 0 Å². The van der Waals surface area contributed by atoms with E-state index in [1.807, 2.05) is 53.1 Å². The largest absolute Gasteiger partial charge is 0.494 e. The van der Waals surface area contributed by atoms with E-state index in [0.29, 0.717) is 44.7 Å². The second-order valence-electron chi connectivity index (χ2n) is 7.05. The van der Waals surface area contributed by atoms with E-state index in [1.54, 1.807) is 6.33 Å². The van der Waals surface area contributed by atoms with Gasteiger partial charge in [0.25, 0.3) is 0 Å². The van der Waals surface area contributed by atoms with Crippen LogP contribution in [0.3, 0.4) is 0 Å². The lowest BCUT2D eigenvalue weighted by Crippen LogP contribution is -2.24. The van der Waals surface area contributed by atoms with Crippen molar-refractivity contribution in [1.82, 2.24) is 20.1 Å². The van der Waals surface area contributed by atoms with Crippen LogP contribution in [0.1, 0.15) is 30.7 Å². The molecule has 3 aromatic rings. The maximum Gasteiger partial charge on any atom is 0.224 e. The van der Waals surface area contributed by atoms with Crippen LogP contribution in [0.2, 0.25) is 0 Å². The van der Waals surface area contributed by atoms with E-state index in [2.05, 4.69) is 20.8 Å². The average Bonchev–Trinajstić information content (AvgIpc) is 3.24. The Kier molecular flexibility index (Phi) is 6.03. The molecule has 4 rings (SSSR count). The first-order valence-electron chi connectivity index (χ1n) is 9.95. The standard InChI is InChI=1S/C22H23N5O3/c28-21(23-14-20-26-24-15-27(20)17-5-2-1-3-6-17)7-4-12-30-18-9-10-19-16(13-18)8-11-22(29)25-19/h1-3,5-6,9-10,13,15H,4,7-8,11-12,14H2,(H,23,28)(H,25,29). The molecule has 0 spiro atoms. The number of amides is 2. The van der Waals surface area contributed by atoms with Gasteiger partial charge in [-0.1, -0.05) is 18.2 Å². The van der Waals surface area contributed by atoms with Crippen LogP contribution < -0.4 is 15.4 Å². The summed E-state index contributed by atoms with van der Waals surface area (Å²) in [6.07, 6.45) is 3.81. The molecule has 0 fully saturated rings. The molecular formula is C22H23N5O3. The van der Waals surface area contributed by atoms with E-state index in [1.165, 1.54) is 0 Å². The molecule has 30 heavy (non-hydrogen) atoms. The van der Waals surface area contributed by atoms with Crippen LogP contribution in [0.5, 0.6) is 5.75 Å². The normalized spacial score (nSPS) is 12.7. The highest BCUT2D eigenvalue weighted by molar-refractivity contribution is 5.94. The first kappa shape index (κ1) is 19.6. The summed E-state index contributed by atoms with van der Waals surface area (Å²) in [4.78, 5) is 23.6. The van der Waals surface area contributed by atoms with Gasteiger partial charge in [-0.2, -0.15) is 0 Å². The van der Waals surface area contributed by atoms with Gasteiger partial charge in [-0.05, 0) is 48.7 Å². The third kappa shape index (κ3) is 4.83. The van der Waals surface area contributed by atoms with Crippen molar-refractivity contribution >= 4 is 17.5 Å². The fourth-order valence-corrected chi connectivity index (χ4v) is 3.32. The molecule has 0 aliphatic carbocycles. The fourth-order valence-electron chi connectivity index (χ4n) is 3.32. The van der Waals surface area contributed by atoms with Crippen molar-refractivity contribution in [2.24, 2.45) is 0 Å². The SMILES string of the molecule is O=C(CCCOc1ccc2c(c1)CCC(=O)N2)NCc1nncn1-c1ccccc1. The highest BCUT2D eigenvalue weighted by atomic mass is 16.5. The molecular weight excluding hydrogens is 382 g/mol. The predicted octanol–water partition coefficient (Wildman–Crippen LogP) is 2.63. The molecule has 1 aliphatic heterocycles. The molecule has 8 nitrogen and oxygen atoms in total. The Morgan fingerprint density at radius 3 is 2.90 bits per heavy atom. The average molecular weight is 405 g/mol. The van der Waals surface area contributed by atoms with Crippen LogP contribution in [-0.2, 0) is 22.6 Å². The van der Waals surface area contributed by atoms with Crippen LogP contribution in [-0.4, -0.2) is 33.2 Å². The van der Waals surface area contributed by atoms with E-state index in [9.17, 15) is 9.59 Å². The maximum absolute atomic E-state index is 12.2. The Balaban J connectivity index is 1.20. The van der Waals surface area contributed by atoms with Crippen molar-refractivity contribution in [1.29, 1.82) is 0 Å². The lowest BCUT2D eigenvalue weighted by molar-refractivity contribution is -0.121. The van der Waals surface area contributed by atoms with Gasteiger partial charge in [-0.25, -0.2) is 0 Å². The second kappa shape index (κ2) is 9.21. The molecule has 1 aromatic heterocycles. The number of carbonyl (C=O) groups excluding carboxylic acids is 2. The number of hydrogen-bond acceptors (Lipinski definition) is 5. The van der Waals surface area contributed by atoms with Gasteiger partial charge in [0, 0.05) is 24.2 Å². The predicted molar refractivity (Wildman–Crippen MR) is 111 cm³/mol.